The Morgan fingerprint density at radius 1 is 1.05 bits per heavy atom. The molecule has 0 bridgehead atoms. The number of fused-ring (bicyclic) bond motifs is 1. The summed E-state index contributed by atoms with van der Waals surface area (Å²) < 4.78 is 0. The SMILES string of the molecule is NNc1nc(-c2ccccc2)c(O)c2c(=O)[nH][nH]c(=O)c12. The molecule has 3 rings (SSSR count). The van der Waals surface area contributed by atoms with Crippen LogP contribution < -0.4 is 22.4 Å². The van der Waals surface area contributed by atoms with E-state index in [-0.39, 0.29) is 28.0 Å². The van der Waals surface area contributed by atoms with E-state index in [0.717, 1.165) is 0 Å². The second-order valence-electron chi connectivity index (χ2n) is 4.33. The zero-order chi connectivity index (χ0) is 15.0. The summed E-state index contributed by atoms with van der Waals surface area (Å²) in [7, 11) is 0. The fourth-order valence-electron chi connectivity index (χ4n) is 2.16. The van der Waals surface area contributed by atoms with Crippen molar-refractivity contribution in [2.45, 2.75) is 0 Å². The fraction of sp³-hybridized carbons (Fsp3) is 0. The van der Waals surface area contributed by atoms with Crippen LogP contribution >= 0.6 is 0 Å². The number of hydrazine groups is 1. The summed E-state index contributed by atoms with van der Waals surface area (Å²) in [6.45, 7) is 0. The summed E-state index contributed by atoms with van der Waals surface area (Å²) in [6.07, 6.45) is 0. The fourth-order valence-corrected chi connectivity index (χ4v) is 2.16. The van der Waals surface area contributed by atoms with Gasteiger partial charge in [-0.3, -0.25) is 19.8 Å². The standard InChI is InChI=1S/C13H11N5O3/c14-16-11-8-7(12(20)17-18-13(8)21)10(19)9(15-11)6-4-2-1-3-5-6/h1-5,19H,14H2,(H,15,16)(H,17,20)(H,18,21). The van der Waals surface area contributed by atoms with Crippen LogP contribution in [-0.2, 0) is 0 Å². The highest BCUT2D eigenvalue weighted by Gasteiger charge is 2.19. The summed E-state index contributed by atoms with van der Waals surface area (Å²) in [5.74, 6) is 5.01. The van der Waals surface area contributed by atoms with Gasteiger partial charge in [0, 0.05) is 5.56 Å². The van der Waals surface area contributed by atoms with E-state index in [4.69, 9.17) is 5.84 Å². The first kappa shape index (κ1) is 12.9. The van der Waals surface area contributed by atoms with Crippen LogP contribution in [0.5, 0.6) is 5.75 Å². The van der Waals surface area contributed by atoms with E-state index in [0.29, 0.717) is 5.56 Å². The van der Waals surface area contributed by atoms with Crippen LogP contribution in [0.15, 0.2) is 39.9 Å². The molecule has 8 nitrogen and oxygen atoms in total. The van der Waals surface area contributed by atoms with E-state index in [1.807, 2.05) is 0 Å². The van der Waals surface area contributed by atoms with E-state index in [2.05, 4.69) is 20.6 Å². The predicted molar refractivity (Wildman–Crippen MR) is 77.9 cm³/mol. The van der Waals surface area contributed by atoms with E-state index < -0.39 is 11.1 Å². The van der Waals surface area contributed by atoms with Crippen molar-refractivity contribution in [2.75, 3.05) is 5.43 Å². The van der Waals surface area contributed by atoms with Crippen molar-refractivity contribution < 1.29 is 5.11 Å². The van der Waals surface area contributed by atoms with Crippen LogP contribution in [0.4, 0.5) is 5.82 Å². The average Bonchev–Trinajstić information content (AvgIpc) is 2.51. The van der Waals surface area contributed by atoms with Gasteiger partial charge in [-0.15, -0.1) is 0 Å². The number of benzene rings is 1. The maximum absolute atomic E-state index is 11.9. The number of nitrogens with two attached hydrogens (primary N) is 1. The minimum atomic E-state index is -0.641. The minimum Gasteiger partial charge on any atom is -0.505 e. The highest BCUT2D eigenvalue weighted by atomic mass is 16.3. The minimum absolute atomic E-state index is 0.00834. The second kappa shape index (κ2) is 4.76. The zero-order valence-electron chi connectivity index (χ0n) is 10.7. The molecule has 1 aromatic carbocycles. The first-order chi connectivity index (χ1) is 10.1. The molecule has 6 N–H and O–H groups in total. The third-order valence-electron chi connectivity index (χ3n) is 3.10. The zero-order valence-corrected chi connectivity index (χ0v) is 10.7. The number of aromatic hydroxyl groups is 1. The molecule has 0 spiro atoms. The molecule has 21 heavy (non-hydrogen) atoms. The maximum atomic E-state index is 11.9. The summed E-state index contributed by atoms with van der Waals surface area (Å²) in [4.78, 5) is 27.9. The van der Waals surface area contributed by atoms with E-state index in [1.54, 1.807) is 30.3 Å². The van der Waals surface area contributed by atoms with E-state index in [9.17, 15) is 14.7 Å². The van der Waals surface area contributed by atoms with Gasteiger partial charge in [-0.2, -0.15) is 0 Å². The monoisotopic (exact) mass is 285 g/mol. The number of anilines is 1. The van der Waals surface area contributed by atoms with E-state index >= 15 is 0 Å². The van der Waals surface area contributed by atoms with Crippen LogP contribution in [0.2, 0.25) is 0 Å². The molecule has 0 saturated carbocycles. The lowest BCUT2D eigenvalue weighted by molar-refractivity contribution is 0.481. The Bertz CT molecular complexity index is 930. The molecule has 3 aromatic rings. The number of hydrogen-bond donors (Lipinski definition) is 5. The quantitative estimate of drug-likeness (QED) is 0.338. The average molecular weight is 285 g/mol. The Kier molecular flexibility index (Phi) is 2.92. The number of H-pyrrole nitrogens is 2. The van der Waals surface area contributed by atoms with Crippen molar-refractivity contribution >= 4 is 16.6 Å². The van der Waals surface area contributed by atoms with Gasteiger partial charge in [-0.05, 0) is 0 Å². The molecule has 0 unspecified atom stereocenters. The summed E-state index contributed by atoms with van der Waals surface area (Å²) in [5, 5.41) is 14.4. The van der Waals surface area contributed by atoms with Gasteiger partial charge in [0.15, 0.2) is 11.6 Å². The van der Waals surface area contributed by atoms with Gasteiger partial charge in [0.05, 0.1) is 0 Å². The molecule has 0 aliphatic carbocycles. The first-order valence-electron chi connectivity index (χ1n) is 6.03. The van der Waals surface area contributed by atoms with Gasteiger partial charge in [-0.25, -0.2) is 10.8 Å². The number of aromatic amines is 2. The Morgan fingerprint density at radius 3 is 2.29 bits per heavy atom. The summed E-state index contributed by atoms with van der Waals surface area (Å²) in [5.41, 5.74) is 1.78. The number of aromatic nitrogens is 3. The molecular formula is C13H11N5O3. The number of hydrogen-bond acceptors (Lipinski definition) is 6. The van der Waals surface area contributed by atoms with Gasteiger partial charge < -0.3 is 10.5 Å². The first-order valence-corrected chi connectivity index (χ1v) is 6.03. The Morgan fingerprint density at radius 2 is 1.67 bits per heavy atom. The smallest absolute Gasteiger partial charge is 0.274 e. The van der Waals surface area contributed by atoms with Crippen LogP contribution in [0.3, 0.4) is 0 Å². The summed E-state index contributed by atoms with van der Waals surface area (Å²) in [6, 6.07) is 8.77. The molecule has 0 radical (unpaired) electrons. The molecule has 8 heteroatoms. The number of pyridine rings is 1. The molecule has 0 aliphatic rings. The van der Waals surface area contributed by atoms with Crippen molar-refractivity contribution in [1.29, 1.82) is 0 Å². The van der Waals surface area contributed by atoms with Crippen molar-refractivity contribution in [2.24, 2.45) is 5.84 Å². The van der Waals surface area contributed by atoms with Gasteiger partial charge in [-0.1, -0.05) is 30.3 Å². The molecule has 0 aliphatic heterocycles. The largest absolute Gasteiger partial charge is 0.505 e. The predicted octanol–water partition coefficient (Wildman–Crippen LogP) is 0.270. The third kappa shape index (κ3) is 1.94. The number of nitrogen functional groups attached to an aromatic ring is 1. The van der Waals surface area contributed by atoms with Crippen LogP contribution in [0, 0.1) is 0 Å². The van der Waals surface area contributed by atoms with Gasteiger partial charge >= 0.3 is 0 Å². The maximum Gasteiger partial charge on any atom is 0.274 e. The molecule has 0 saturated heterocycles. The highest BCUT2D eigenvalue weighted by molar-refractivity contribution is 5.98. The molecule has 0 fully saturated rings. The molecule has 0 amide bonds. The topological polar surface area (TPSA) is 137 Å². The van der Waals surface area contributed by atoms with Crippen molar-refractivity contribution in [3.05, 3.63) is 51.0 Å². The van der Waals surface area contributed by atoms with Crippen LogP contribution in [0.25, 0.3) is 22.0 Å². The highest BCUT2D eigenvalue weighted by Crippen LogP contribution is 2.33. The van der Waals surface area contributed by atoms with Gasteiger partial charge in [0.1, 0.15) is 16.5 Å². The lowest BCUT2D eigenvalue weighted by Crippen LogP contribution is -2.22. The van der Waals surface area contributed by atoms with Crippen LogP contribution in [0.1, 0.15) is 0 Å². The van der Waals surface area contributed by atoms with Gasteiger partial charge in [0.2, 0.25) is 0 Å². The lowest BCUT2D eigenvalue weighted by atomic mass is 10.1. The normalized spacial score (nSPS) is 10.7. The number of nitrogens with one attached hydrogen (secondary N) is 3. The number of rotatable bonds is 2. The third-order valence-corrected chi connectivity index (χ3v) is 3.10. The molecule has 0 atom stereocenters. The molecule has 2 aromatic heterocycles. The Balaban J connectivity index is 2.51. The van der Waals surface area contributed by atoms with E-state index in [1.165, 1.54) is 0 Å². The summed E-state index contributed by atoms with van der Waals surface area (Å²) >= 11 is 0. The Labute approximate surface area is 117 Å². The lowest BCUT2D eigenvalue weighted by Gasteiger charge is -2.10. The van der Waals surface area contributed by atoms with Crippen LogP contribution in [-0.4, -0.2) is 20.3 Å². The van der Waals surface area contributed by atoms with Crippen molar-refractivity contribution in [3.8, 4) is 17.0 Å². The second-order valence-corrected chi connectivity index (χ2v) is 4.33. The number of nitrogens with zero attached hydrogens (tertiary/aromatic N) is 1. The van der Waals surface area contributed by atoms with Gasteiger partial charge in [0.25, 0.3) is 11.1 Å². The van der Waals surface area contributed by atoms with Crippen molar-refractivity contribution in [3.63, 3.8) is 0 Å². The molecule has 2 heterocycles. The molecule has 106 valence electrons. The molecular weight excluding hydrogens is 274 g/mol. The van der Waals surface area contributed by atoms with Crippen molar-refractivity contribution in [1.82, 2.24) is 15.2 Å². The Hall–Kier alpha value is -3.13.